The van der Waals surface area contributed by atoms with E-state index in [1.165, 1.54) is 0 Å². The van der Waals surface area contributed by atoms with E-state index in [0.29, 0.717) is 30.9 Å². The van der Waals surface area contributed by atoms with Crippen molar-refractivity contribution in [3.8, 4) is 6.07 Å². The summed E-state index contributed by atoms with van der Waals surface area (Å²) in [5.41, 5.74) is 1.09. The first-order valence-corrected chi connectivity index (χ1v) is 6.32. The molecular weight excluding hydrogens is 284 g/mol. The van der Waals surface area contributed by atoms with Crippen LogP contribution in [0, 0.1) is 11.3 Å². The first-order chi connectivity index (χ1) is 8.27. The maximum absolute atomic E-state index is 11.6. The molecule has 1 N–H and O–H groups in total. The number of carbonyl (C=O) groups is 1. The van der Waals surface area contributed by atoms with E-state index in [0.717, 1.165) is 5.33 Å². The summed E-state index contributed by atoms with van der Waals surface area (Å²) >= 11 is 3.24. The molecule has 0 saturated carbocycles. The maximum atomic E-state index is 11.6. The van der Waals surface area contributed by atoms with Crippen molar-refractivity contribution in [2.24, 2.45) is 0 Å². The average molecular weight is 297 g/mol. The third-order valence-corrected chi connectivity index (χ3v) is 2.35. The second-order valence-corrected chi connectivity index (χ2v) is 4.04. The zero-order chi connectivity index (χ0) is 12.5. The van der Waals surface area contributed by atoms with Crippen LogP contribution in [0.2, 0.25) is 0 Å². The van der Waals surface area contributed by atoms with Gasteiger partial charge in [0.2, 0.25) is 0 Å². The lowest BCUT2D eigenvalue weighted by Gasteiger charge is -2.05. The summed E-state index contributed by atoms with van der Waals surface area (Å²) in [5, 5.41) is 12.1. The number of amides is 1. The molecule has 0 spiro atoms. The Morgan fingerprint density at radius 3 is 2.65 bits per heavy atom. The third-order valence-electron chi connectivity index (χ3n) is 2.03. The SMILES string of the molecule is N#Cc1ccc(C(=O)NCCOCCBr)cc1. The molecular formula is C12H13BrN2O2. The Hall–Kier alpha value is -1.38. The van der Waals surface area contributed by atoms with E-state index in [2.05, 4.69) is 21.2 Å². The van der Waals surface area contributed by atoms with Crippen molar-refractivity contribution < 1.29 is 9.53 Å². The molecule has 0 aliphatic carbocycles. The number of nitrogens with one attached hydrogen (secondary N) is 1. The lowest BCUT2D eigenvalue weighted by molar-refractivity contribution is 0.0924. The molecule has 0 atom stereocenters. The Balaban J connectivity index is 2.34. The van der Waals surface area contributed by atoms with E-state index in [4.69, 9.17) is 10.00 Å². The molecule has 5 heteroatoms. The smallest absolute Gasteiger partial charge is 0.251 e. The van der Waals surface area contributed by atoms with Crippen molar-refractivity contribution in [3.05, 3.63) is 35.4 Å². The molecule has 0 aliphatic heterocycles. The van der Waals surface area contributed by atoms with Crippen molar-refractivity contribution >= 4 is 21.8 Å². The molecule has 0 saturated heterocycles. The lowest BCUT2D eigenvalue weighted by atomic mass is 10.1. The zero-order valence-corrected chi connectivity index (χ0v) is 10.9. The monoisotopic (exact) mass is 296 g/mol. The van der Waals surface area contributed by atoms with Crippen LogP contribution in [0.25, 0.3) is 0 Å². The summed E-state index contributed by atoms with van der Waals surface area (Å²) in [6.07, 6.45) is 0. The van der Waals surface area contributed by atoms with Gasteiger partial charge in [-0.25, -0.2) is 0 Å². The largest absolute Gasteiger partial charge is 0.379 e. The molecule has 90 valence electrons. The normalized spacial score (nSPS) is 9.65. The number of ether oxygens (including phenoxy) is 1. The van der Waals surface area contributed by atoms with Crippen molar-refractivity contribution in [2.75, 3.05) is 25.1 Å². The molecule has 0 heterocycles. The van der Waals surface area contributed by atoms with Gasteiger partial charge in [0, 0.05) is 17.4 Å². The Bertz CT molecular complexity index is 398. The molecule has 0 bridgehead atoms. The predicted octanol–water partition coefficient (Wildman–Crippen LogP) is 1.70. The van der Waals surface area contributed by atoms with Crippen LogP contribution in [-0.4, -0.2) is 31.0 Å². The van der Waals surface area contributed by atoms with Crippen molar-refractivity contribution in [1.29, 1.82) is 5.26 Å². The first kappa shape index (κ1) is 13.7. The highest BCUT2D eigenvalue weighted by Crippen LogP contribution is 2.02. The second kappa shape index (κ2) is 7.82. The van der Waals surface area contributed by atoms with E-state index in [9.17, 15) is 4.79 Å². The number of hydrogen-bond acceptors (Lipinski definition) is 3. The molecule has 1 aromatic carbocycles. The van der Waals surface area contributed by atoms with Crippen LogP contribution in [0.15, 0.2) is 24.3 Å². The molecule has 1 amide bonds. The van der Waals surface area contributed by atoms with Crippen LogP contribution in [0.5, 0.6) is 0 Å². The summed E-state index contributed by atoms with van der Waals surface area (Å²) in [7, 11) is 0. The van der Waals surface area contributed by atoms with Crippen molar-refractivity contribution in [3.63, 3.8) is 0 Å². The van der Waals surface area contributed by atoms with Gasteiger partial charge in [-0.2, -0.15) is 5.26 Å². The van der Waals surface area contributed by atoms with Gasteiger partial charge < -0.3 is 10.1 Å². The predicted molar refractivity (Wildman–Crippen MR) is 68.1 cm³/mol. The fraction of sp³-hybridized carbons (Fsp3) is 0.333. The maximum Gasteiger partial charge on any atom is 0.251 e. The molecule has 0 radical (unpaired) electrons. The molecule has 1 aromatic rings. The molecule has 0 unspecified atom stereocenters. The van der Waals surface area contributed by atoms with Crippen LogP contribution >= 0.6 is 15.9 Å². The molecule has 0 aliphatic rings. The number of nitriles is 1. The van der Waals surface area contributed by atoms with Crippen LogP contribution in [0.4, 0.5) is 0 Å². The number of hydrogen-bond donors (Lipinski definition) is 1. The number of benzene rings is 1. The Labute approximate surface area is 109 Å². The highest BCUT2D eigenvalue weighted by Gasteiger charge is 2.03. The van der Waals surface area contributed by atoms with Crippen LogP contribution in [-0.2, 0) is 4.74 Å². The number of halogens is 1. The first-order valence-electron chi connectivity index (χ1n) is 5.20. The topological polar surface area (TPSA) is 62.1 Å². The van der Waals surface area contributed by atoms with Crippen LogP contribution in [0.3, 0.4) is 0 Å². The molecule has 1 rings (SSSR count). The molecule has 4 nitrogen and oxygen atoms in total. The van der Waals surface area contributed by atoms with Gasteiger partial charge in [-0.1, -0.05) is 15.9 Å². The van der Waals surface area contributed by atoms with E-state index >= 15 is 0 Å². The number of carbonyl (C=O) groups excluding carboxylic acids is 1. The quantitative estimate of drug-likeness (QED) is 0.642. The lowest BCUT2D eigenvalue weighted by Crippen LogP contribution is -2.27. The summed E-state index contributed by atoms with van der Waals surface area (Å²) in [5.74, 6) is -0.156. The fourth-order valence-electron chi connectivity index (χ4n) is 1.19. The average Bonchev–Trinajstić information content (AvgIpc) is 2.38. The van der Waals surface area contributed by atoms with Gasteiger partial charge in [-0.05, 0) is 24.3 Å². The minimum atomic E-state index is -0.156. The fourth-order valence-corrected chi connectivity index (χ4v) is 1.42. The minimum absolute atomic E-state index is 0.156. The molecule has 0 aromatic heterocycles. The zero-order valence-electron chi connectivity index (χ0n) is 9.28. The van der Waals surface area contributed by atoms with E-state index < -0.39 is 0 Å². The van der Waals surface area contributed by atoms with Crippen LogP contribution in [0.1, 0.15) is 15.9 Å². The van der Waals surface area contributed by atoms with E-state index in [-0.39, 0.29) is 5.91 Å². The van der Waals surface area contributed by atoms with Gasteiger partial charge in [0.15, 0.2) is 0 Å². The number of alkyl halides is 1. The van der Waals surface area contributed by atoms with Crippen LogP contribution < -0.4 is 5.32 Å². The minimum Gasteiger partial charge on any atom is -0.379 e. The van der Waals surface area contributed by atoms with Crippen molar-refractivity contribution in [1.82, 2.24) is 5.32 Å². The highest BCUT2D eigenvalue weighted by atomic mass is 79.9. The van der Waals surface area contributed by atoms with Gasteiger partial charge in [-0.15, -0.1) is 0 Å². The van der Waals surface area contributed by atoms with E-state index in [1.807, 2.05) is 6.07 Å². The van der Waals surface area contributed by atoms with Gasteiger partial charge in [0.05, 0.1) is 24.8 Å². The van der Waals surface area contributed by atoms with Gasteiger partial charge >= 0.3 is 0 Å². The number of rotatable bonds is 6. The summed E-state index contributed by atoms with van der Waals surface area (Å²) in [6, 6.07) is 8.51. The molecule has 0 fully saturated rings. The second-order valence-electron chi connectivity index (χ2n) is 3.25. The van der Waals surface area contributed by atoms with Crippen molar-refractivity contribution in [2.45, 2.75) is 0 Å². The van der Waals surface area contributed by atoms with E-state index in [1.54, 1.807) is 24.3 Å². The molecule has 17 heavy (non-hydrogen) atoms. The third kappa shape index (κ3) is 4.98. The summed E-state index contributed by atoms with van der Waals surface area (Å²) in [6.45, 7) is 1.60. The van der Waals surface area contributed by atoms with Gasteiger partial charge in [0.25, 0.3) is 5.91 Å². The van der Waals surface area contributed by atoms with Gasteiger partial charge in [0.1, 0.15) is 0 Å². The van der Waals surface area contributed by atoms with Gasteiger partial charge in [-0.3, -0.25) is 4.79 Å². The standard InChI is InChI=1S/C12H13BrN2O2/c13-5-7-17-8-6-15-12(16)11-3-1-10(9-14)2-4-11/h1-4H,5-8H2,(H,15,16). The Morgan fingerprint density at radius 1 is 1.35 bits per heavy atom. The highest BCUT2D eigenvalue weighted by molar-refractivity contribution is 9.09. The summed E-state index contributed by atoms with van der Waals surface area (Å²) < 4.78 is 5.20. The Morgan fingerprint density at radius 2 is 2.06 bits per heavy atom. The number of nitrogens with zero attached hydrogens (tertiary/aromatic N) is 1. The Kier molecular flexibility index (Phi) is 6.30. The summed E-state index contributed by atoms with van der Waals surface area (Å²) in [4.78, 5) is 11.6.